The Morgan fingerprint density at radius 1 is 1.00 bits per heavy atom. The molecule has 3 aromatic rings. The molecule has 0 spiro atoms. The zero-order valence-electron chi connectivity index (χ0n) is 12.0. The Labute approximate surface area is 153 Å². The fourth-order valence-electron chi connectivity index (χ4n) is 1.87. The molecule has 3 rings (SSSR count). The summed E-state index contributed by atoms with van der Waals surface area (Å²) in [4.78, 5) is 0. The van der Waals surface area contributed by atoms with Gasteiger partial charge < -0.3 is 5.32 Å². The van der Waals surface area contributed by atoms with Gasteiger partial charge in [0.2, 0.25) is 5.13 Å². The molecule has 0 saturated heterocycles. The van der Waals surface area contributed by atoms with Gasteiger partial charge in [-0.3, -0.25) is 0 Å². The van der Waals surface area contributed by atoms with Gasteiger partial charge >= 0.3 is 0 Å². The molecule has 0 saturated carbocycles. The zero-order chi connectivity index (χ0) is 16.1. The van der Waals surface area contributed by atoms with Gasteiger partial charge in [-0.15, -0.1) is 10.2 Å². The first-order valence-electron chi connectivity index (χ1n) is 6.89. The lowest BCUT2D eigenvalue weighted by Crippen LogP contribution is -1.98. The van der Waals surface area contributed by atoms with Crippen LogP contribution in [0.4, 0.5) is 5.13 Å². The van der Waals surface area contributed by atoms with Crippen molar-refractivity contribution < 1.29 is 0 Å². The minimum atomic E-state index is 0.695. The molecule has 0 bridgehead atoms. The van der Waals surface area contributed by atoms with Crippen molar-refractivity contribution in [3.05, 3.63) is 69.7 Å². The first-order chi connectivity index (χ1) is 11.2. The van der Waals surface area contributed by atoms with Crippen molar-refractivity contribution in [3.63, 3.8) is 0 Å². The van der Waals surface area contributed by atoms with Crippen molar-refractivity contribution in [2.24, 2.45) is 0 Å². The third-order valence-electron chi connectivity index (χ3n) is 3.07. The Kier molecular flexibility index (Phi) is 5.78. The number of halogens is 2. The summed E-state index contributed by atoms with van der Waals surface area (Å²) in [5, 5.41) is 14.0. The highest BCUT2D eigenvalue weighted by atomic mass is 35.5. The number of hydrogen-bond acceptors (Lipinski definition) is 5. The summed E-state index contributed by atoms with van der Waals surface area (Å²) >= 11 is 15.2. The van der Waals surface area contributed by atoms with Gasteiger partial charge in [0.05, 0.1) is 0 Å². The van der Waals surface area contributed by atoms with E-state index in [4.69, 9.17) is 23.2 Å². The maximum absolute atomic E-state index is 6.16. The molecule has 3 nitrogen and oxygen atoms in total. The standard InChI is InChI=1S/C16H13Cl2N3S2/c17-13-7-5-11(6-8-13)9-19-15-20-21-16(23-15)22-10-12-3-1-2-4-14(12)18/h1-8H,9-10H2,(H,19,20). The van der Waals surface area contributed by atoms with Crippen LogP contribution in [0, 0.1) is 0 Å². The van der Waals surface area contributed by atoms with Crippen molar-refractivity contribution in [1.82, 2.24) is 10.2 Å². The molecule has 0 aliphatic heterocycles. The summed E-state index contributed by atoms with van der Waals surface area (Å²) in [6, 6.07) is 15.6. The molecule has 0 unspecified atom stereocenters. The SMILES string of the molecule is Clc1ccc(CNc2nnc(SCc3ccccc3Cl)s2)cc1. The maximum Gasteiger partial charge on any atom is 0.206 e. The van der Waals surface area contributed by atoms with E-state index < -0.39 is 0 Å². The highest BCUT2D eigenvalue weighted by molar-refractivity contribution is 8.00. The smallest absolute Gasteiger partial charge is 0.206 e. The first-order valence-corrected chi connectivity index (χ1v) is 9.44. The van der Waals surface area contributed by atoms with E-state index in [0.29, 0.717) is 6.54 Å². The number of nitrogens with zero attached hydrogens (tertiary/aromatic N) is 2. The van der Waals surface area contributed by atoms with Crippen LogP contribution in [0.3, 0.4) is 0 Å². The van der Waals surface area contributed by atoms with E-state index in [0.717, 1.165) is 36.4 Å². The Morgan fingerprint density at radius 2 is 1.78 bits per heavy atom. The molecule has 118 valence electrons. The number of benzene rings is 2. The van der Waals surface area contributed by atoms with Crippen LogP contribution >= 0.6 is 46.3 Å². The second-order valence-corrected chi connectivity index (χ2v) is 7.78. The van der Waals surface area contributed by atoms with E-state index in [1.54, 1.807) is 23.1 Å². The molecule has 0 aliphatic rings. The highest BCUT2D eigenvalue weighted by Gasteiger charge is 2.06. The van der Waals surface area contributed by atoms with Gasteiger partial charge in [-0.05, 0) is 29.3 Å². The van der Waals surface area contributed by atoms with Gasteiger partial charge in [-0.25, -0.2) is 0 Å². The molecule has 0 aliphatic carbocycles. The Balaban J connectivity index is 1.53. The maximum atomic E-state index is 6.16. The molecular weight excluding hydrogens is 369 g/mol. The van der Waals surface area contributed by atoms with Gasteiger partial charge in [-0.1, -0.05) is 76.6 Å². The third-order valence-corrected chi connectivity index (χ3v) is 5.76. The Morgan fingerprint density at radius 3 is 2.57 bits per heavy atom. The van der Waals surface area contributed by atoms with Gasteiger partial charge in [0.1, 0.15) is 0 Å². The van der Waals surface area contributed by atoms with E-state index in [-0.39, 0.29) is 0 Å². The summed E-state index contributed by atoms with van der Waals surface area (Å²) in [6.45, 7) is 0.695. The largest absolute Gasteiger partial charge is 0.356 e. The Bertz CT molecular complexity index is 775. The molecule has 0 radical (unpaired) electrons. The lowest BCUT2D eigenvalue weighted by atomic mass is 10.2. The predicted molar refractivity (Wildman–Crippen MR) is 99.7 cm³/mol. The number of thioether (sulfide) groups is 1. The summed E-state index contributed by atoms with van der Waals surface area (Å²) in [6.07, 6.45) is 0. The monoisotopic (exact) mass is 381 g/mol. The van der Waals surface area contributed by atoms with Crippen LogP contribution in [0.5, 0.6) is 0 Å². The van der Waals surface area contributed by atoms with Crippen LogP contribution in [0.25, 0.3) is 0 Å². The molecule has 1 aromatic heterocycles. The third kappa shape index (κ3) is 4.85. The van der Waals surface area contributed by atoms with Crippen LogP contribution in [-0.4, -0.2) is 10.2 Å². The van der Waals surface area contributed by atoms with E-state index in [2.05, 4.69) is 15.5 Å². The van der Waals surface area contributed by atoms with Crippen molar-refractivity contribution in [3.8, 4) is 0 Å². The summed E-state index contributed by atoms with van der Waals surface area (Å²) in [7, 11) is 0. The summed E-state index contributed by atoms with van der Waals surface area (Å²) in [5.74, 6) is 0.783. The quantitative estimate of drug-likeness (QED) is 0.551. The molecule has 1 N–H and O–H groups in total. The summed E-state index contributed by atoms with van der Waals surface area (Å²) < 4.78 is 0.920. The average molecular weight is 382 g/mol. The van der Waals surface area contributed by atoms with Gasteiger partial charge in [0.25, 0.3) is 0 Å². The number of hydrogen-bond donors (Lipinski definition) is 1. The molecule has 0 atom stereocenters. The van der Waals surface area contributed by atoms with Crippen LogP contribution in [-0.2, 0) is 12.3 Å². The van der Waals surface area contributed by atoms with E-state index in [1.807, 2.05) is 48.5 Å². The molecule has 1 heterocycles. The molecule has 7 heteroatoms. The molecular formula is C16H13Cl2N3S2. The minimum Gasteiger partial charge on any atom is -0.356 e. The normalized spacial score (nSPS) is 10.7. The molecule has 23 heavy (non-hydrogen) atoms. The van der Waals surface area contributed by atoms with Crippen molar-refractivity contribution in [2.75, 3.05) is 5.32 Å². The Hall–Kier alpha value is -1.27. The van der Waals surface area contributed by atoms with Crippen LogP contribution < -0.4 is 5.32 Å². The fourth-order valence-corrected chi connectivity index (χ4v) is 4.03. The molecule has 0 amide bonds. The average Bonchev–Trinajstić information content (AvgIpc) is 3.02. The van der Waals surface area contributed by atoms with Crippen LogP contribution in [0.2, 0.25) is 10.0 Å². The van der Waals surface area contributed by atoms with Crippen molar-refractivity contribution in [1.29, 1.82) is 0 Å². The minimum absolute atomic E-state index is 0.695. The van der Waals surface area contributed by atoms with Gasteiger partial charge in [-0.2, -0.15) is 0 Å². The zero-order valence-corrected chi connectivity index (χ0v) is 15.1. The first kappa shape index (κ1) is 16.6. The van der Waals surface area contributed by atoms with Crippen molar-refractivity contribution >= 4 is 51.4 Å². The van der Waals surface area contributed by atoms with Crippen LogP contribution in [0.1, 0.15) is 11.1 Å². The number of rotatable bonds is 6. The van der Waals surface area contributed by atoms with Crippen LogP contribution in [0.15, 0.2) is 52.9 Å². The van der Waals surface area contributed by atoms with E-state index in [1.165, 1.54) is 0 Å². The second-order valence-electron chi connectivity index (χ2n) is 4.73. The lowest BCUT2D eigenvalue weighted by molar-refractivity contribution is 0.995. The fraction of sp³-hybridized carbons (Fsp3) is 0.125. The summed E-state index contributed by atoms with van der Waals surface area (Å²) in [5.41, 5.74) is 2.25. The predicted octanol–water partition coefficient (Wildman–Crippen LogP) is 5.75. The number of anilines is 1. The van der Waals surface area contributed by atoms with E-state index >= 15 is 0 Å². The highest BCUT2D eigenvalue weighted by Crippen LogP contribution is 2.30. The van der Waals surface area contributed by atoms with Gasteiger partial charge in [0, 0.05) is 22.3 Å². The van der Waals surface area contributed by atoms with E-state index in [9.17, 15) is 0 Å². The topological polar surface area (TPSA) is 37.8 Å². The number of nitrogens with one attached hydrogen (secondary N) is 1. The van der Waals surface area contributed by atoms with Crippen molar-refractivity contribution in [2.45, 2.75) is 16.6 Å². The second kappa shape index (κ2) is 8.02. The number of aromatic nitrogens is 2. The molecule has 2 aromatic carbocycles. The van der Waals surface area contributed by atoms with Gasteiger partial charge in [0.15, 0.2) is 4.34 Å². The lowest BCUT2D eigenvalue weighted by Gasteiger charge is -2.02. The molecule has 0 fully saturated rings.